The van der Waals surface area contributed by atoms with E-state index < -0.39 is 10.2 Å². The largest absolute Gasteiger partial charge is 0.352 e. The van der Waals surface area contributed by atoms with E-state index in [1.54, 1.807) is 21.7 Å². The van der Waals surface area contributed by atoms with Crippen LogP contribution in [0, 0.1) is 0 Å². The normalized spacial score (nSPS) is 21.8. The molecule has 1 saturated carbocycles. The van der Waals surface area contributed by atoms with Crippen LogP contribution in [0.2, 0.25) is 0 Å². The monoisotopic (exact) mass is 358 g/mol. The summed E-state index contributed by atoms with van der Waals surface area (Å²) in [5.74, 6) is -0.0504. The maximum atomic E-state index is 12.8. The van der Waals surface area contributed by atoms with Crippen LogP contribution in [0.4, 0.5) is 0 Å². The van der Waals surface area contributed by atoms with Gasteiger partial charge in [0.2, 0.25) is 5.91 Å². The Morgan fingerprint density at radius 1 is 1.21 bits per heavy atom. The van der Waals surface area contributed by atoms with E-state index in [4.69, 9.17) is 0 Å². The lowest BCUT2D eigenvalue weighted by atomic mass is 9.96. The number of amides is 1. The van der Waals surface area contributed by atoms with Gasteiger partial charge in [-0.2, -0.15) is 17.0 Å². The van der Waals surface area contributed by atoms with Crippen LogP contribution in [0.3, 0.4) is 0 Å². The number of nitrogens with zero attached hydrogens (tertiary/aromatic N) is 3. The van der Waals surface area contributed by atoms with Crippen LogP contribution in [0.5, 0.6) is 0 Å². The number of rotatable bonds is 7. The molecule has 0 aromatic rings. The molecule has 0 atom stereocenters. The molecule has 1 saturated heterocycles. The van der Waals surface area contributed by atoms with E-state index >= 15 is 0 Å². The molecule has 1 aliphatic heterocycles. The van der Waals surface area contributed by atoms with E-state index in [1.165, 1.54) is 6.42 Å². The van der Waals surface area contributed by atoms with Gasteiger partial charge in [0, 0.05) is 45.8 Å². The van der Waals surface area contributed by atoms with Crippen molar-refractivity contribution < 1.29 is 13.2 Å². The summed E-state index contributed by atoms with van der Waals surface area (Å²) in [6.07, 6.45) is 6.98. The third kappa shape index (κ3) is 5.02. The second-order valence-corrected chi connectivity index (χ2v) is 8.57. The van der Waals surface area contributed by atoms with Crippen LogP contribution in [0.25, 0.3) is 0 Å². The van der Waals surface area contributed by atoms with Gasteiger partial charge < -0.3 is 5.32 Å². The molecular formula is C16H30N4O3S. The zero-order valence-corrected chi connectivity index (χ0v) is 15.4. The lowest BCUT2D eigenvalue weighted by Crippen LogP contribution is -2.55. The van der Waals surface area contributed by atoms with Crippen LogP contribution in [-0.4, -0.2) is 80.2 Å². The first-order valence-corrected chi connectivity index (χ1v) is 10.2. The van der Waals surface area contributed by atoms with Gasteiger partial charge in [0.15, 0.2) is 0 Å². The molecule has 0 aromatic heterocycles. The van der Waals surface area contributed by atoms with Crippen molar-refractivity contribution in [2.24, 2.45) is 0 Å². The van der Waals surface area contributed by atoms with Crippen molar-refractivity contribution in [3.8, 4) is 0 Å². The maximum Gasteiger partial charge on any atom is 0.282 e. The van der Waals surface area contributed by atoms with Gasteiger partial charge in [0.25, 0.3) is 10.2 Å². The van der Waals surface area contributed by atoms with Gasteiger partial charge in [-0.15, -0.1) is 6.58 Å². The molecule has 0 unspecified atom stereocenters. The Hall–Kier alpha value is -0.960. The standard InChI is InChI=1S/C16H30N4O3S/c1-3-9-17-16(21)14-19-10-12-20(13-11-19)24(22,23)18(2)15-7-5-4-6-8-15/h3,15H,1,4-14H2,2H3,(H,17,21). The van der Waals surface area contributed by atoms with Crippen molar-refractivity contribution in [3.05, 3.63) is 12.7 Å². The highest BCUT2D eigenvalue weighted by atomic mass is 32.2. The molecule has 0 bridgehead atoms. The van der Waals surface area contributed by atoms with Crippen LogP contribution in [0.15, 0.2) is 12.7 Å². The minimum atomic E-state index is -3.40. The molecule has 2 aliphatic rings. The Labute approximate surface area is 145 Å². The Balaban J connectivity index is 1.83. The number of nitrogens with one attached hydrogen (secondary N) is 1. The summed E-state index contributed by atoms with van der Waals surface area (Å²) in [5, 5.41) is 2.74. The second kappa shape index (κ2) is 8.94. The number of piperazine rings is 1. The maximum absolute atomic E-state index is 12.8. The van der Waals surface area contributed by atoms with Crippen molar-refractivity contribution in [2.75, 3.05) is 46.3 Å². The lowest BCUT2D eigenvalue weighted by Gasteiger charge is -2.38. The van der Waals surface area contributed by atoms with Crippen LogP contribution in [-0.2, 0) is 15.0 Å². The highest BCUT2D eigenvalue weighted by molar-refractivity contribution is 7.86. The van der Waals surface area contributed by atoms with Crippen molar-refractivity contribution in [2.45, 2.75) is 38.1 Å². The summed E-state index contributed by atoms with van der Waals surface area (Å²) in [5.41, 5.74) is 0. The van der Waals surface area contributed by atoms with Gasteiger partial charge in [-0.1, -0.05) is 25.3 Å². The van der Waals surface area contributed by atoms with Gasteiger partial charge in [-0.05, 0) is 12.8 Å². The molecule has 1 aliphatic carbocycles. The molecule has 2 fully saturated rings. The van der Waals surface area contributed by atoms with E-state index in [0.717, 1.165) is 25.7 Å². The van der Waals surface area contributed by atoms with E-state index in [1.807, 2.05) is 4.90 Å². The fourth-order valence-electron chi connectivity index (χ4n) is 3.38. The summed E-state index contributed by atoms with van der Waals surface area (Å²) in [6.45, 7) is 6.37. The van der Waals surface area contributed by atoms with Crippen molar-refractivity contribution >= 4 is 16.1 Å². The van der Waals surface area contributed by atoms with Gasteiger partial charge in [-0.3, -0.25) is 9.69 Å². The highest BCUT2D eigenvalue weighted by Gasteiger charge is 2.34. The summed E-state index contributed by atoms with van der Waals surface area (Å²) in [6, 6.07) is 0.131. The van der Waals surface area contributed by atoms with Crippen molar-refractivity contribution in [1.29, 1.82) is 0 Å². The van der Waals surface area contributed by atoms with Crippen molar-refractivity contribution in [1.82, 2.24) is 18.8 Å². The van der Waals surface area contributed by atoms with E-state index in [9.17, 15) is 13.2 Å². The molecule has 24 heavy (non-hydrogen) atoms. The first-order chi connectivity index (χ1) is 11.4. The minimum Gasteiger partial charge on any atom is -0.352 e. The Morgan fingerprint density at radius 2 is 1.83 bits per heavy atom. The van der Waals surface area contributed by atoms with Gasteiger partial charge in [-0.25, -0.2) is 0 Å². The molecule has 8 heteroatoms. The molecular weight excluding hydrogens is 328 g/mol. The summed E-state index contributed by atoms with van der Waals surface area (Å²) >= 11 is 0. The third-order valence-electron chi connectivity index (χ3n) is 4.92. The number of hydrogen-bond acceptors (Lipinski definition) is 4. The summed E-state index contributed by atoms with van der Waals surface area (Å²) in [4.78, 5) is 13.7. The molecule has 2 rings (SSSR count). The summed E-state index contributed by atoms with van der Waals surface area (Å²) in [7, 11) is -1.69. The third-order valence-corrected chi connectivity index (χ3v) is 6.96. The Morgan fingerprint density at radius 3 is 2.42 bits per heavy atom. The SMILES string of the molecule is C=CCNC(=O)CN1CCN(S(=O)(=O)N(C)C2CCCCC2)CC1. The molecule has 1 N–H and O–H groups in total. The van der Waals surface area contributed by atoms with Gasteiger partial charge >= 0.3 is 0 Å². The molecule has 138 valence electrons. The van der Waals surface area contributed by atoms with Gasteiger partial charge in [0.05, 0.1) is 6.54 Å². The molecule has 7 nitrogen and oxygen atoms in total. The lowest BCUT2D eigenvalue weighted by molar-refractivity contribution is -0.122. The molecule has 0 radical (unpaired) electrons. The zero-order chi connectivity index (χ0) is 17.6. The average Bonchev–Trinajstić information content (AvgIpc) is 2.60. The number of carbonyl (C=O) groups is 1. The first-order valence-electron chi connectivity index (χ1n) is 8.78. The van der Waals surface area contributed by atoms with Crippen LogP contribution >= 0.6 is 0 Å². The van der Waals surface area contributed by atoms with E-state index in [2.05, 4.69) is 11.9 Å². The quantitative estimate of drug-likeness (QED) is 0.669. The highest BCUT2D eigenvalue weighted by Crippen LogP contribution is 2.25. The van der Waals surface area contributed by atoms with Crippen LogP contribution in [0.1, 0.15) is 32.1 Å². The predicted octanol–water partition coefficient (Wildman–Crippen LogP) is 0.416. The molecule has 0 aromatic carbocycles. The topological polar surface area (TPSA) is 73.0 Å². The van der Waals surface area contributed by atoms with E-state index in [0.29, 0.717) is 39.3 Å². The fourth-order valence-corrected chi connectivity index (χ4v) is 4.96. The molecule has 1 amide bonds. The minimum absolute atomic E-state index is 0.0504. The smallest absolute Gasteiger partial charge is 0.282 e. The first kappa shape index (κ1) is 19.4. The average molecular weight is 359 g/mol. The Kier molecular flexibility index (Phi) is 7.21. The van der Waals surface area contributed by atoms with E-state index in [-0.39, 0.29) is 11.9 Å². The van der Waals surface area contributed by atoms with Gasteiger partial charge in [0.1, 0.15) is 0 Å². The number of carbonyl (C=O) groups excluding carboxylic acids is 1. The van der Waals surface area contributed by atoms with Crippen molar-refractivity contribution in [3.63, 3.8) is 0 Å². The summed E-state index contributed by atoms with van der Waals surface area (Å²) < 4.78 is 28.7. The number of hydrogen-bond donors (Lipinski definition) is 1. The zero-order valence-electron chi connectivity index (χ0n) is 14.6. The van der Waals surface area contributed by atoms with Crippen LogP contribution < -0.4 is 5.32 Å². The Bertz CT molecular complexity index is 523. The predicted molar refractivity (Wildman–Crippen MR) is 94.8 cm³/mol. The molecule has 0 spiro atoms. The second-order valence-electron chi connectivity index (χ2n) is 6.58. The molecule has 1 heterocycles. The fraction of sp³-hybridized carbons (Fsp3) is 0.812.